The Bertz CT molecular complexity index is 607. The van der Waals surface area contributed by atoms with Gasteiger partial charge in [0.1, 0.15) is 19.3 Å². The van der Waals surface area contributed by atoms with Crippen LogP contribution in [0.4, 0.5) is 0 Å². The molecule has 7 heteroatoms. The van der Waals surface area contributed by atoms with E-state index in [1.807, 2.05) is 18.2 Å². The number of amides is 1. The van der Waals surface area contributed by atoms with Crippen LogP contribution in [0.3, 0.4) is 0 Å². The molecule has 2 heterocycles. The van der Waals surface area contributed by atoms with Crippen LogP contribution in [0.1, 0.15) is 18.4 Å². The zero-order chi connectivity index (χ0) is 15.4. The molecule has 1 amide bonds. The van der Waals surface area contributed by atoms with Gasteiger partial charge in [-0.15, -0.1) is 0 Å². The summed E-state index contributed by atoms with van der Waals surface area (Å²) >= 11 is 0. The number of fused-ring (bicyclic) bond motifs is 1. The molecule has 0 aromatic heterocycles. The van der Waals surface area contributed by atoms with Crippen LogP contribution in [0.15, 0.2) is 23.3 Å². The molecule has 0 spiro atoms. The van der Waals surface area contributed by atoms with E-state index in [1.165, 1.54) is 0 Å². The molecule has 1 unspecified atom stereocenters. The summed E-state index contributed by atoms with van der Waals surface area (Å²) in [5.74, 6) is 1.29. The molecule has 3 rings (SSSR count). The summed E-state index contributed by atoms with van der Waals surface area (Å²) in [6.07, 6.45) is 2.40. The molecule has 0 aliphatic carbocycles. The second-order valence-corrected chi connectivity index (χ2v) is 5.44. The summed E-state index contributed by atoms with van der Waals surface area (Å²) < 4.78 is 11.0. The number of ether oxygens (including phenoxy) is 2. The standard InChI is InChI=1S/C15H18N4O3/c16-18-17-12(15(20)19-5-1-2-6-19)9-11-3-4-13-14(10-11)22-8-7-21-13/h3-4,10,12H,1-2,5-9H2. The van der Waals surface area contributed by atoms with E-state index in [0.717, 1.165) is 31.5 Å². The number of carbonyl (C=O) groups excluding carboxylic acids is 1. The van der Waals surface area contributed by atoms with Crippen LogP contribution >= 0.6 is 0 Å². The van der Waals surface area contributed by atoms with Crippen LogP contribution in [0, 0.1) is 0 Å². The van der Waals surface area contributed by atoms with E-state index in [1.54, 1.807) is 4.90 Å². The van der Waals surface area contributed by atoms with E-state index in [9.17, 15) is 4.79 Å². The molecule has 0 radical (unpaired) electrons. The van der Waals surface area contributed by atoms with Crippen molar-refractivity contribution in [2.45, 2.75) is 25.3 Å². The van der Waals surface area contributed by atoms with Crippen molar-refractivity contribution in [3.8, 4) is 11.5 Å². The summed E-state index contributed by atoms with van der Waals surface area (Å²) in [6, 6.07) is 4.86. The van der Waals surface area contributed by atoms with E-state index >= 15 is 0 Å². The fourth-order valence-corrected chi connectivity index (χ4v) is 2.83. The van der Waals surface area contributed by atoms with Crippen LogP contribution in [-0.2, 0) is 11.2 Å². The largest absolute Gasteiger partial charge is 0.486 e. The minimum Gasteiger partial charge on any atom is -0.486 e. The smallest absolute Gasteiger partial charge is 0.231 e. The molecule has 116 valence electrons. The molecular formula is C15H18N4O3. The molecular weight excluding hydrogens is 284 g/mol. The van der Waals surface area contributed by atoms with E-state index in [2.05, 4.69) is 10.0 Å². The summed E-state index contributed by atoms with van der Waals surface area (Å²) in [5.41, 5.74) is 9.64. The van der Waals surface area contributed by atoms with Crippen LogP contribution in [0.2, 0.25) is 0 Å². The molecule has 1 atom stereocenters. The average Bonchev–Trinajstić information content (AvgIpc) is 3.08. The first-order valence-corrected chi connectivity index (χ1v) is 7.49. The number of likely N-dealkylation sites (tertiary alicyclic amines) is 1. The lowest BCUT2D eigenvalue weighted by atomic mass is 10.0. The monoisotopic (exact) mass is 302 g/mol. The van der Waals surface area contributed by atoms with Gasteiger partial charge in [0.25, 0.3) is 0 Å². The van der Waals surface area contributed by atoms with Crippen LogP contribution in [0.25, 0.3) is 10.4 Å². The average molecular weight is 302 g/mol. The zero-order valence-corrected chi connectivity index (χ0v) is 12.3. The number of rotatable bonds is 4. The summed E-state index contributed by atoms with van der Waals surface area (Å²) in [7, 11) is 0. The first kappa shape index (κ1) is 14.5. The van der Waals surface area contributed by atoms with Gasteiger partial charge in [-0.3, -0.25) is 4.79 Å². The predicted octanol–water partition coefficient (Wildman–Crippen LogP) is 2.30. The maximum absolute atomic E-state index is 12.4. The Morgan fingerprint density at radius 2 is 2.00 bits per heavy atom. The lowest BCUT2D eigenvalue weighted by Gasteiger charge is -2.21. The molecule has 1 aromatic rings. The zero-order valence-electron chi connectivity index (χ0n) is 12.3. The van der Waals surface area contributed by atoms with Crippen molar-refractivity contribution in [3.05, 3.63) is 34.2 Å². The molecule has 1 saturated heterocycles. The van der Waals surface area contributed by atoms with Gasteiger partial charge in [-0.05, 0) is 42.5 Å². The Kier molecular flexibility index (Phi) is 4.34. The fourth-order valence-electron chi connectivity index (χ4n) is 2.83. The molecule has 0 N–H and O–H groups in total. The summed E-state index contributed by atoms with van der Waals surface area (Å²) in [5, 5.41) is 3.69. The minimum atomic E-state index is -0.703. The SMILES string of the molecule is [N-]=[N+]=NC(Cc1ccc2c(c1)OCCO2)C(=O)N1CCCC1. The summed E-state index contributed by atoms with van der Waals surface area (Å²) in [4.78, 5) is 17.0. The minimum absolute atomic E-state index is 0.0924. The first-order valence-electron chi connectivity index (χ1n) is 7.49. The van der Waals surface area contributed by atoms with Gasteiger partial charge in [-0.2, -0.15) is 0 Å². The van der Waals surface area contributed by atoms with Crippen molar-refractivity contribution >= 4 is 5.91 Å². The second-order valence-electron chi connectivity index (χ2n) is 5.44. The number of nitrogens with zero attached hydrogens (tertiary/aromatic N) is 4. The van der Waals surface area contributed by atoms with E-state index in [4.69, 9.17) is 15.0 Å². The van der Waals surface area contributed by atoms with Gasteiger partial charge in [0.15, 0.2) is 11.5 Å². The van der Waals surface area contributed by atoms with Crippen molar-refractivity contribution in [1.29, 1.82) is 0 Å². The van der Waals surface area contributed by atoms with Gasteiger partial charge in [-0.25, -0.2) is 0 Å². The third-order valence-corrected chi connectivity index (χ3v) is 3.93. The van der Waals surface area contributed by atoms with Crippen LogP contribution in [0.5, 0.6) is 11.5 Å². The molecule has 0 saturated carbocycles. The molecule has 7 nitrogen and oxygen atoms in total. The van der Waals surface area contributed by atoms with Crippen molar-refractivity contribution in [2.75, 3.05) is 26.3 Å². The van der Waals surface area contributed by atoms with Crippen LogP contribution in [-0.4, -0.2) is 43.2 Å². The van der Waals surface area contributed by atoms with Gasteiger partial charge in [0.05, 0.1) is 0 Å². The highest BCUT2D eigenvalue weighted by Gasteiger charge is 2.26. The molecule has 1 aromatic carbocycles. The second kappa shape index (κ2) is 6.58. The Morgan fingerprint density at radius 3 is 2.73 bits per heavy atom. The fraction of sp³-hybridized carbons (Fsp3) is 0.533. The lowest BCUT2D eigenvalue weighted by molar-refractivity contribution is -0.131. The van der Waals surface area contributed by atoms with E-state index < -0.39 is 6.04 Å². The number of benzene rings is 1. The highest BCUT2D eigenvalue weighted by Crippen LogP contribution is 2.31. The highest BCUT2D eigenvalue weighted by atomic mass is 16.6. The van der Waals surface area contributed by atoms with Gasteiger partial charge >= 0.3 is 0 Å². The van der Waals surface area contributed by atoms with Crippen molar-refractivity contribution in [3.63, 3.8) is 0 Å². The topological polar surface area (TPSA) is 87.5 Å². The number of carbonyl (C=O) groups is 1. The quantitative estimate of drug-likeness (QED) is 0.485. The lowest BCUT2D eigenvalue weighted by Crippen LogP contribution is -2.37. The number of azide groups is 1. The third-order valence-electron chi connectivity index (χ3n) is 3.93. The maximum Gasteiger partial charge on any atom is 0.231 e. The van der Waals surface area contributed by atoms with E-state index in [0.29, 0.717) is 31.1 Å². The Morgan fingerprint density at radius 1 is 1.27 bits per heavy atom. The Labute approximate surface area is 128 Å². The number of hydrogen-bond donors (Lipinski definition) is 0. The van der Waals surface area contributed by atoms with E-state index in [-0.39, 0.29) is 5.91 Å². The van der Waals surface area contributed by atoms with Gasteiger partial charge in [-0.1, -0.05) is 11.2 Å². The van der Waals surface area contributed by atoms with Gasteiger partial charge < -0.3 is 14.4 Å². The molecule has 2 aliphatic heterocycles. The maximum atomic E-state index is 12.4. The molecule has 0 bridgehead atoms. The normalized spacial score (nSPS) is 17.7. The van der Waals surface area contributed by atoms with Gasteiger partial charge in [0, 0.05) is 18.0 Å². The Balaban J connectivity index is 1.75. The summed E-state index contributed by atoms with van der Waals surface area (Å²) in [6.45, 7) is 2.55. The Hall–Kier alpha value is -2.40. The van der Waals surface area contributed by atoms with Crippen molar-refractivity contribution in [2.24, 2.45) is 5.11 Å². The third kappa shape index (κ3) is 3.09. The molecule has 2 aliphatic rings. The predicted molar refractivity (Wildman–Crippen MR) is 79.9 cm³/mol. The van der Waals surface area contributed by atoms with Crippen molar-refractivity contribution in [1.82, 2.24) is 4.90 Å². The van der Waals surface area contributed by atoms with Crippen LogP contribution < -0.4 is 9.47 Å². The first-order chi connectivity index (χ1) is 10.8. The highest BCUT2D eigenvalue weighted by molar-refractivity contribution is 5.82. The van der Waals surface area contributed by atoms with Crippen molar-refractivity contribution < 1.29 is 14.3 Å². The number of hydrogen-bond acceptors (Lipinski definition) is 4. The molecule has 22 heavy (non-hydrogen) atoms. The molecule has 1 fully saturated rings. The van der Waals surface area contributed by atoms with Gasteiger partial charge in [0.2, 0.25) is 5.91 Å².